The van der Waals surface area contributed by atoms with Crippen molar-refractivity contribution in [3.05, 3.63) is 130 Å². The summed E-state index contributed by atoms with van der Waals surface area (Å²) in [5.41, 5.74) is 50.3. The lowest BCUT2D eigenvalue weighted by Crippen LogP contribution is -2.36. The lowest BCUT2D eigenvalue weighted by molar-refractivity contribution is -0.790. The van der Waals surface area contributed by atoms with Crippen LogP contribution in [0.4, 0.5) is 0 Å². The van der Waals surface area contributed by atoms with Crippen LogP contribution < -0.4 is 61.1 Å². The number of aliphatic imine (C=N–C) groups is 2. The molecule has 0 amide bonds. The van der Waals surface area contributed by atoms with Crippen LogP contribution in [-0.4, -0.2) is 221 Å². The summed E-state index contributed by atoms with van der Waals surface area (Å²) < 4.78 is 24.9. The van der Waals surface area contributed by atoms with Crippen LogP contribution in [0.3, 0.4) is 0 Å². The van der Waals surface area contributed by atoms with E-state index in [0.29, 0.717) is 108 Å². The van der Waals surface area contributed by atoms with Gasteiger partial charge < -0.3 is 114 Å². The van der Waals surface area contributed by atoms with E-state index in [2.05, 4.69) is 48.6 Å². The predicted octanol–water partition coefficient (Wildman–Crippen LogP) is -0.974. The van der Waals surface area contributed by atoms with Gasteiger partial charge in [0.2, 0.25) is 0 Å². The Labute approximate surface area is 624 Å². The number of nitrogens with two attached hydrogens (primary N) is 9. The molecule has 614 valence electrons. The summed E-state index contributed by atoms with van der Waals surface area (Å²) in [6.07, 6.45) is 7.66. The van der Waals surface area contributed by atoms with E-state index in [1.165, 1.54) is 0 Å². The average Bonchev–Trinajstić information content (AvgIpc) is 0.893. The highest BCUT2D eigenvalue weighted by molar-refractivity contribution is 7.98. The van der Waals surface area contributed by atoms with Gasteiger partial charge in [-0.1, -0.05) is 24.3 Å². The molecule has 0 aliphatic heterocycles. The summed E-state index contributed by atoms with van der Waals surface area (Å²) in [6, 6.07) is 9.49. The highest BCUT2D eigenvalue weighted by Gasteiger charge is 2.22. The first-order valence-corrected chi connectivity index (χ1v) is 34.9. The molecular formula is C56H96N18O32S2. The number of hydrogen-bond donors (Lipinski definition) is 10. The molecule has 52 heteroatoms. The third kappa shape index (κ3) is 63.6. The van der Waals surface area contributed by atoms with Crippen molar-refractivity contribution in [2.45, 2.75) is 139 Å². The molecule has 7 unspecified atom stereocenters. The largest absolute Gasteiger partial charge is 0.465 e. The van der Waals surface area contributed by atoms with Crippen LogP contribution in [0.5, 0.6) is 11.5 Å². The SMILES string of the molecule is CSCCC(N)C(=O)OCCCCC(CO[N+](=O)[O-])O[N+](=O)[O-].CSCCC(N)C(=O)OCCCCO[N+](=O)[O-].NC(CO)C(=O)OCCC(CO[N+](=O)[O-])O[N+](=O)[O-].NC(N)=NCCCC(N)C(=O)Oc1cccc(CCCO[N+](=O)[O-])c1.NC(N)=NCCCC(N)C(=O)Oc1cccc(CCO[N+](=O)[O-])c1. The number of nitrogens with zero attached hydrogens (tertiary/aromatic N) is 9. The van der Waals surface area contributed by atoms with Crippen molar-refractivity contribution in [1.29, 1.82) is 0 Å². The minimum Gasteiger partial charge on any atom is -0.465 e. The number of esters is 5. The predicted molar refractivity (Wildman–Crippen MR) is 378 cm³/mol. The number of rotatable bonds is 55. The molecule has 0 bridgehead atoms. The molecule has 2 rings (SSSR count). The Morgan fingerprint density at radius 2 is 0.778 bits per heavy atom. The summed E-state index contributed by atoms with van der Waals surface area (Å²) >= 11 is 3.19. The number of thioether (sulfide) groups is 2. The Balaban J connectivity index is -0.00000129. The first-order chi connectivity index (χ1) is 51.1. The second-order valence-electron chi connectivity index (χ2n) is 21.3. The molecule has 50 nitrogen and oxygen atoms in total. The maximum absolute atomic E-state index is 12.0. The van der Waals surface area contributed by atoms with Crippen molar-refractivity contribution in [2.75, 3.05) is 96.6 Å². The van der Waals surface area contributed by atoms with Crippen molar-refractivity contribution in [3.8, 4) is 11.5 Å². The first kappa shape index (κ1) is 101. The lowest BCUT2D eigenvalue weighted by Gasteiger charge is -2.14. The Hall–Kier alpha value is -10.8. The highest BCUT2D eigenvalue weighted by atomic mass is 32.2. The number of aliphatic hydroxyl groups excluding tert-OH is 1. The molecule has 108 heavy (non-hydrogen) atoms. The minimum atomic E-state index is -1.27. The van der Waals surface area contributed by atoms with Gasteiger partial charge in [0.15, 0.2) is 11.9 Å². The summed E-state index contributed by atoms with van der Waals surface area (Å²) in [6.45, 7) is -1.09. The molecule has 0 saturated heterocycles. The zero-order chi connectivity index (χ0) is 82.2. The zero-order valence-electron chi connectivity index (χ0n) is 59.1. The third-order valence-electron chi connectivity index (χ3n) is 12.6. The standard InChI is InChI=1S/C15H23N5O5.C14H21N5O5.C11H21N3O8S.C9H18N2O5S.C7H13N3O9/c16-13(7-2-8-19-15(17)18)14(21)25-12-6-1-4-11(10-12)5-3-9-24-20(22)23;15-12(5-2-7-18-14(16)17)13(20)24-11-4-1-3-10(9-11)6-8-23-19(21)22;1-23-7-5-10(12)11(15)20-6-3-2-4-9(22-14(18)19)8-21-13(16)17;1-17-7-4-8(10)9(12)15-5-2-3-6-16-11(13)14;8-6(3-11)7(12)17-2-1-5(19-10(15)16)4-18-9(13)14/h1,4,6,10,13H,2-3,5,7-9,16H2,(H4,17,18,19);1,3-4,9,12H,2,5-8,15H2,(H4,16,17,18);9-10H,2-8,12H2,1H3;8H,2-7,10H2,1H3;5-6,11H,1-4,8H2. The fourth-order valence-electron chi connectivity index (χ4n) is 7.28. The van der Waals surface area contributed by atoms with E-state index < -0.39 is 128 Å². The van der Waals surface area contributed by atoms with Crippen LogP contribution in [-0.2, 0) is 84.9 Å². The summed E-state index contributed by atoms with van der Waals surface area (Å²) in [5, 5.41) is 72.0. The first-order valence-electron chi connectivity index (χ1n) is 32.1. The van der Waals surface area contributed by atoms with E-state index >= 15 is 0 Å². The molecule has 0 aliphatic carbocycles. The quantitative estimate of drug-likeness (QED) is 0.00556. The van der Waals surface area contributed by atoms with Gasteiger partial charge in [0.1, 0.15) is 73.7 Å². The molecule has 0 aromatic heterocycles. The molecule has 0 saturated carbocycles. The lowest BCUT2D eigenvalue weighted by atomic mass is 10.1. The van der Waals surface area contributed by atoms with Gasteiger partial charge in [0, 0.05) is 19.5 Å². The molecule has 0 fully saturated rings. The smallest absolute Gasteiger partial charge is 0.328 e. The zero-order valence-corrected chi connectivity index (χ0v) is 60.7. The van der Waals surface area contributed by atoms with Crippen LogP contribution in [0.1, 0.15) is 94.6 Å². The average molecular weight is 1600 g/mol. The number of carbonyl (C=O) groups excluding carboxylic acids is 5. The number of ether oxygens (including phenoxy) is 5. The number of carbonyl (C=O) groups is 5. The van der Waals surface area contributed by atoms with Gasteiger partial charge in [-0.15, -0.1) is 70.8 Å². The fraction of sp³-hybridized carbons (Fsp3) is 0.661. The van der Waals surface area contributed by atoms with Gasteiger partial charge in [0.25, 0.3) is 35.6 Å². The Morgan fingerprint density at radius 1 is 0.417 bits per heavy atom. The summed E-state index contributed by atoms with van der Waals surface area (Å²) in [5.74, 6) is -0.687. The van der Waals surface area contributed by atoms with Gasteiger partial charge >= 0.3 is 29.8 Å². The van der Waals surface area contributed by atoms with E-state index in [1.807, 2.05) is 18.6 Å². The number of unbranched alkanes of at least 4 members (excludes halogenated alkanes) is 2. The molecule has 0 aliphatic rings. The second kappa shape index (κ2) is 64.6. The molecule has 2 aromatic carbocycles. The molecule has 0 heterocycles. The van der Waals surface area contributed by atoms with Crippen molar-refractivity contribution < 1.29 is 122 Å². The monoisotopic (exact) mass is 1600 g/mol. The number of guanidine groups is 2. The van der Waals surface area contributed by atoms with E-state index in [-0.39, 0.29) is 64.4 Å². The molecule has 7 atom stereocenters. The maximum Gasteiger partial charge on any atom is 0.328 e. The van der Waals surface area contributed by atoms with Crippen molar-refractivity contribution >= 4 is 65.3 Å². The van der Waals surface area contributed by atoms with Crippen molar-refractivity contribution in [1.82, 2.24) is 0 Å². The molecule has 2 aromatic rings. The molecule has 19 N–H and O–H groups in total. The molecular weight excluding hydrogens is 1500 g/mol. The number of aliphatic hydroxyl groups is 1. The van der Waals surface area contributed by atoms with Crippen LogP contribution in [0.2, 0.25) is 0 Å². The fourth-order valence-corrected chi connectivity index (χ4v) is 8.26. The van der Waals surface area contributed by atoms with Crippen LogP contribution in [0, 0.1) is 70.8 Å². The Bertz CT molecular complexity index is 3020. The highest BCUT2D eigenvalue weighted by Crippen LogP contribution is 2.18. The Morgan fingerprint density at radius 3 is 1.18 bits per heavy atom. The topological polar surface area (TPSA) is 777 Å². The minimum absolute atomic E-state index is 0.00317. The second-order valence-corrected chi connectivity index (χ2v) is 23.2. The van der Waals surface area contributed by atoms with Crippen molar-refractivity contribution in [2.24, 2.45) is 61.6 Å². The van der Waals surface area contributed by atoms with Gasteiger partial charge in [-0.25, -0.2) is 9.59 Å². The van der Waals surface area contributed by atoms with Gasteiger partial charge in [-0.2, -0.15) is 23.5 Å². The van der Waals surface area contributed by atoms with Crippen LogP contribution >= 0.6 is 23.5 Å². The van der Waals surface area contributed by atoms with Gasteiger partial charge in [-0.3, -0.25) is 24.4 Å². The molecule has 0 spiro atoms. The summed E-state index contributed by atoms with van der Waals surface area (Å²) in [4.78, 5) is 165. The summed E-state index contributed by atoms with van der Waals surface area (Å²) in [7, 11) is 0. The molecule has 0 radical (unpaired) electrons. The number of benzene rings is 2. The number of aryl methyl sites for hydroxylation is 1. The van der Waals surface area contributed by atoms with Gasteiger partial charge in [0.05, 0.1) is 39.6 Å². The Kier molecular flexibility index (Phi) is 60.6. The van der Waals surface area contributed by atoms with Gasteiger partial charge in [-0.05, 0) is 149 Å². The number of hydrogen-bond acceptors (Lipinski definition) is 41. The maximum atomic E-state index is 12.0. The van der Waals surface area contributed by atoms with E-state index in [9.17, 15) is 94.8 Å². The normalized spacial score (nSPS) is 12.1. The van der Waals surface area contributed by atoms with Crippen LogP contribution in [0.15, 0.2) is 58.5 Å². The third-order valence-corrected chi connectivity index (χ3v) is 13.9. The van der Waals surface area contributed by atoms with E-state index in [1.54, 1.807) is 66.0 Å². The van der Waals surface area contributed by atoms with Crippen LogP contribution in [0.25, 0.3) is 0 Å². The van der Waals surface area contributed by atoms with E-state index in [0.717, 1.165) is 22.6 Å². The van der Waals surface area contributed by atoms with Crippen molar-refractivity contribution in [3.63, 3.8) is 0 Å². The van der Waals surface area contributed by atoms with E-state index in [4.69, 9.17) is 75.7 Å².